The summed E-state index contributed by atoms with van der Waals surface area (Å²) in [6.45, 7) is 5.91. The van der Waals surface area contributed by atoms with Gasteiger partial charge < -0.3 is 10.2 Å². The van der Waals surface area contributed by atoms with E-state index in [2.05, 4.69) is 17.1 Å². The van der Waals surface area contributed by atoms with Crippen molar-refractivity contribution < 1.29 is 13.2 Å². The molecule has 7 nitrogen and oxygen atoms in total. The molecule has 150 valence electrons. The summed E-state index contributed by atoms with van der Waals surface area (Å²) in [5.74, 6) is 0. The first-order valence-electron chi connectivity index (χ1n) is 9.26. The Morgan fingerprint density at radius 2 is 1.85 bits per heavy atom. The maximum Gasteiger partial charge on any atom is 0.321 e. The Hall–Kier alpha value is -1.35. The van der Waals surface area contributed by atoms with E-state index in [4.69, 9.17) is 11.6 Å². The summed E-state index contributed by atoms with van der Waals surface area (Å²) in [4.78, 5) is 16.7. The van der Waals surface area contributed by atoms with Gasteiger partial charge in [-0.2, -0.15) is 0 Å². The number of benzene rings is 1. The molecule has 0 unspecified atom stereocenters. The minimum atomic E-state index is -3.17. The molecule has 2 aliphatic heterocycles. The van der Waals surface area contributed by atoms with Crippen LogP contribution in [0.3, 0.4) is 0 Å². The number of anilines is 1. The lowest BCUT2D eigenvalue weighted by molar-refractivity contribution is 0.0498. The van der Waals surface area contributed by atoms with Crippen LogP contribution < -0.4 is 5.32 Å². The lowest BCUT2D eigenvalue weighted by Crippen LogP contribution is -2.59. The van der Waals surface area contributed by atoms with E-state index in [0.717, 1.165) is 25.9 Å². The predicted octanol–water partition coefficient (Wildman–Crippen LogP) is 2.30. The molecule has 0 aliphatic carbocycles. The lowest BCUT2D eigenvalue weighted by Gasteiger charge is -2.45. The normalized spacial score (nSPS) is 24.9. The summed E-state index contributed by atoms with van der Waals surface area (Å²) in [7, 11) is -3.17. The molecule has 2 aliphatic rings. The van der Waals surface area contributed by atoms with Crippen LogP contribution in [0.1, 0.15) is 19.8 Å². The minimum absolute atomic E-state index is 0.131. The number of halogens is 1. The second-order valence-electron chi connectivity index (χ2n) is 7.31. The number of nitrogens with one attached hydrogen (secondary N) is 1. The van der Waals surface area contributed by atoms with Gasteiger partial charge in [0.2, 0.25) is 10.0 Å². The zero-order chi connectivity index (χ0) is 19.7. The first-order valence-corrected chi connectivity index (χ1v) is 11.5. The second-order valence-corrected chi connectivity index (χ2v) is 9.70. The lowest BCUT2D eigenvalue weighted by atomic mass is 9.92. The third-order valence-corrected chi connectivity index (χ3v) is 7.36. The minimum Gasteiger partial charge on any atom is -0.322 e. The highest BCUT2D eigenvalue weighted by Gasteiger charge is 2.45. The Labute approximate surface area is 166 Å². The third-order valence-electron chi connectivity index (χ3n) is 5.78. The van der Waals surface area contributed by atoms with Crippen molar-refractivity contribution in [3.05, 3.63) is 29.3 Å². The zero-order valence-electron chi connectivity index (χ0n) is 15.8. The second kappa shape index (κ2) is 7.95. The SMILES string of the molecule is CC[C@@]1(N2CCN(C(=O)Nc3ccccc3Cl)CC2)CCN(S(C)(=O)=O)C1. The summed E-state index contributed by atoms with van der Waals surface area (Å²) in [6, 6.07) is 7.02. The van der Waals surface area contributed by atoms with Crippen molar-refractivity contribution in [3.8, 4) is 0 Å². The Kier molecular flexibility index (Phi) is 6.00. The molecule has 27 heavy (non-hydrogen) atoms. The average Bonchev–Trinajstić information content (AvgIpc) is 3.10. The molecule has 2 saturated heterocycles. The summed E-state index contributed by atoms with van der Waals surface area (Å²) >= 11 is 6.11. The Balaban J connectivity index is 1.60. The summed E-state index contributed by atoms with van der Waals surface area (Å²) in [5.41, 5.74) is 0.477. The third kappa shape index (κ3) is 4.39. The number of carbonyl (C=O) groups excluding carboxylic acids is 1. The van der Waals surface area contributed by atoms with Crippen molar-refractivity contribution in [2.75, 3.05) is 50.8 Å². The van der Waals surface area contributed by atoms with E-state index in [1.54, 1.807) is 21.3 Å². The van der Waals surface area contributed by atoms with Crippen LogP contribution in [0.4, 0.5) is 10.5 Å². The Bertz CT molecular complexity index is 796. The maximum atomic E-state index is 12.5. The smallest absolute Gasteiger partial charge is 0.321 e. The van der Waals surface area contributed by atoms with Crippen LogP contribution in [0.5, 0.6) is 0 Å². The van der Waals surface area contributed by atoms with Crippen molar-refractivity contribution in [1.29, 1.82) is 0 Å². The summed E-state index contributed by atoms with van der Waals surface area (Å²) in [6.07, 6.45) is 3.00. The highest BCUT2D eigenvalue weighted by molar-refractivity contribution is 7.88. The fraction of sp³-hybridized carbons (Fsp3) is 0.611. The molecule has 2 heterocycles. The van der Waals surface area contributed by atoms with E-state index in [9.17, 15) is 13.2 Å². The van der Waals surface area contributed by atoms with E-state index in [0.29, 0.717) is 36.9 Å². The standard InChI is InChI=1S/C18H27ClN4O3S/c1-3-18(8-9-23(14-18)27(2,25)26)22-12-10-21(11-13-22)17(24)20-16-7-5-4-6-15(16)19/h4-7H,3,8-14H2,1-2H3,(H,20,24)/t18-/m1/s1. The number of para-hydroxylation sites is 1. The topological polar surface area (TPSA) is 73.0 Å². The molecule has 0 bridgehead atoms. The van der Waals surface area contributed by atoms with Gasteiger partial charge in [0.25, 0.3) is 0 Å². The largest absolute Gasteiger partial charge is 0.322 e. The molecule has 0 radical (unpaired) electrons. The number of hydrogen-bond donors (Lipinski definition) is 1. The van der Waals surface area contributed by atoms with Crippen LogP contribution in [-0.2, 0) is 10.0 Å². The maximum absolute atomic E-state index is 12.5. The van der Waals surface area contributed by atoms with Gasteiger partial charge in [0.15, 0.2) is 0 Å². The van der Waals surface area contributed by atoms with Crippen molar-refractivity contribution in [1.82, 2.24) is 14.1 Å². The molecule has 9 heteroatoms. The first-order chi connectivity index (χ1) is 12.7. The number of urea groups is 1. The molecule has 1 aromatic carbocycles. The van der Waals surface area contributed by atoms with Crippen molar-refractivity contribution in [2.45, 2.75) is 25.3 Å². The van der Waals surface area contributed by atoms with Gasteiger partial charge in [-0.25, -0.2) is 17.5 Å². The summed E-state index contributed by atoms with van der Waals surface area (Å²) in [5, 5.41) is 3.38. The average molecular weight is 415 g/mol. The number of rotatable bonds is 4. The van der Waals surface area contributed by atoms with Crippen molar-refractivity contribution in [2.24, 2.45) is 0 Å². The van der Waals surface area contributed by atoms with E-state index in [1.165, 1.54) is 6.26 Å². The molecule has 1 atom stereocenters. The van der Waals surface area contributed by atoms with Crippen LogP contribution >= 0.6 is 11.6 Å². The number of amides is 2. The quantitative estimate of drug-likeness (QED) is 0.820. The predicted molar refractivity (Wildman–Crippen MR) is 108 cm³/mol. The fourth-order valence-corrected chi connectivity index (χ4v) is 5.09. The number of carbonyl (C=O) groups is 1. The molecule has 0 spiro atoms. The van der Waals surface area contributed by atoms with Gasteiger partial charge in [0, 0.05) is 44.8 Å². The van der Waals surface area contributed by atoms with Gasteiger partial charge >= 0.3 is 6.03 Å². The summed E-state index contributed by atoms with van der Waals surface area (Å²) < 4.78 is 25.4. The molecule has 0 aromatic heterocycles. The van der Waals surface area contributed by atoms with Crippen LogP contribution in [-0.4, -0.2) is 79.6 Å². The van der Waals surface area contributed by atoms with Crippen LogP contribution in [0.2, 0.25) is 5.02 Å². The monoisotopic (exact) mass is 414 g/mol. The molecule has 2 amide bonds. The molecular weight excluding hydrogens is 388 g/mol. The Morgan fingerprint density at radius 3 is 2.41 bits per heavy atom. The number of nitrogens with zero attached hydrogens (tertiary/aromatic N) is 3. The number of hydrogen-bond acceptors (Lipinski definition) is 4. The van der Waals surface area contributed by atoms with Crippen LogP contribution in [0.25, 0.3) is 0 Å². The van der Waals surface area contributed by atoms with Gasteiger partial charge in [-0.3, -0.25) is 4.90 Å². The highest BCUT2D eigenvalue weighted by Crippen LogP contribution is 2.33. The fourth-order valence-electron chi connectivity index (χ4n) is 4.01. The van der Waals surface area contributed by atoms with E-state index >= 15 is 0 Å². The van der Waals surface area contributed by atoms with Gasteiger partial charge in [0.1, 0.15) is 0 Å². The highest BCUT2D eigenvalue weighted by atomic mass is 35.5. The zero-order valence-corrected chi connectivity index (χ0v) is 17.4. The Morgan fingerprint density at radius 1 is 1.19 bits per heavy atom. The molecule has 1 aromatic rings. The van der Waals surface area contributed by atoms with Gasteiger partial charge in [0.05, 0.1) is 17.0 Å². The van der Waals surface area contributed by atoms with E-state index < -0.39 is 10.0 Å². The van der Waals surface area contributed by atoms with Crippen LogP contribution in [0.15, 0.2) is 24.3 Å². The van der Waals surface area contributed by atoms with Gasteiger partial charge in [-0.15, -0.1) is 0 Å². The van der Waals surface area contributed by atoms with E-state index in [1.807, 2.05) is 12.1 Å². The van der Waals surface area contributed by atoms with E-state index in [-0.39, 0.29) is 11.6 Å². The molecule has 1 N–H and O–H groups in total. The number of sulfonamides is 1. The van der Waals surface area contributed by atoms with Crippen molar-refractivity contribution >= 4 is 33.3 Å². The molecule has 3 rings (SSSR count). The number of piperazine rings is 1. The molecule has 0 saturated carbocycles. The van der Waals surface area contributed by atoms with Gasteiger partial charge in [-0.05, 0) is 25.0 Å². The first kappa shape index (κ1) is 20.4. The molecule has 2 fully saturated rings. The molecular formula is C18H27ClN4O3S. The van der Waals surface area contributed by atoms with Gasteiger partial charge in [-0.1, -0.05) is 30.7 Å². The van der Waals surface area contributed by atoms with Crippen LogP contribution in [0, 0.1) is 0 Å². The van der Waals surface area contributed by atoms with Crippen molar-refractivity contribution in [3.63, 3.8) is 0 Å².